The van der Waals surface area contributed by atoms with Gasteiger partial charge in [0, 0.05) is 37.7 Å². The van der Waals surface area contributed by atoms with Gasteiger partial charge in [-0.15, -0.1) is 11.3 Å². The molecule has 0 bridgehead atoms. The number of anilines is 3. The standard InChI is InChI=1S/C47H30N2S/c1-2-10-31(11-3-1)32-18-23-36(24-19-32)49(47-46-41-16-8-9-17-43(41)50-44(46)28-29-48-47)37-25-20-34(21-26-37)42-30-35-13-5-6-14-38(35)40-27-22-33-12-4-7-15-39(33)45(40)42/h1-30H. The van der Waals surface area contributed by atoms with Gasteiger partial charge in [-0.05, 0) is 97.0 Å². The van der Waals surface area contributed by atoms with Crippen LogP contribution in [0.2, 0.25) is 0 Å². The van der Waals surface area contributed by atoms with Crippen molar-refractivity contribution in [3.63, 3.8) is 0 Å². The van der Waals surface area contributed by atoms with Crippen LogP contribution in [0.25, 0.3) is 74.7 Å². The monoisotopic (exact) mass is 654 g/mol. The van der Waals surface area contributed by atoms with E-state index in [1.54, 1.807) is 0 Å². The van der Waals surface area contributed by atoms with Gasteiger partial charge in [-0.2, -0.15) is 0 Å². The van der Waals surface area contributed by atoms with Crippen molar-refractivity contribution >= 4 is 81.0 Å². The summed E-state index contributed by atoms with van der Waals surface area (Å²) >= 11 is 1.82. The first-order valence-corrected chi connectivity index (χ1v) is 17.8. The Balaban J connectivity index is 1.17. The van der Waals surface area contributed by atoms with Gasteiger partial charge in [-0.3, -0.25) is 4.90 Å². The van der Waals surface area contributed by atoms with Gasteiger partial charge in [-0.1, -0.05) is 133 Å². The quantitative estimate of drug-likeness (QED) is 0.172. The summed E-state index contributed by atoms with van der Waals surface area (Å²) in [6.45, 7) is 0. The lowest BCUT2D eigenvalue weighted by Gasteiger charge is -2.26. The molecule has 0 unspecified atom stereocenters. The van der Waals surface area contributed by atoms with Crippen LogP contribution < -0.4 is 4.90 Å². The zero-order valence-electron chi connectivity index (χ0n) is 27.1. The average molecular weight is 655 g/mol. The van der Waals surface area contributed by atoms with Crippen molar-refractivity contribution in [1.29, 1.82) is 0 Å². The lowest BCUT2D eigenvalue weighted by Crippen LogP contribution is -2.11. The van der Waals surface area contributed by atoms with E-state index in [1.807, 2.05) is 17.5 Å². The highest BCUT2D eigenvalue weighted by atomic mass is 32.1. The fourth-order valence-corrected chi connectivity index (χ4v) is 8.64. The molecule has 2 aromatic heterocycles. The molecule has 50 heavy (non-hydrogen) atoms. The maximum absolute atomic E-state index is 5.09. The highest BCUT2D eigenvalue weighted by Crippen LogP contribution is 2.45. The number of aromatic nitrogens is 1. The zero-order valence-corrected chi connectivity index (χ0v) is 27.9. The second kappa shape index (κ2) is 11.7. The second-order valence-electron chi connectivity index (χ2n) is 12.8. The Kier molecular flexibility index (Phi) is 6.71. The number of fused-ring (bicyclic) bond motifs is 8. The molecule has 0 aliphatic carbocycles. The summed E-state index contributed by atoms with van der Waals surface area (Å²) in [5, 5.41) is 10.0. The van der Waals surface area contributed by atoms with Gasteiger partial charge in [0.2, 0.25) is 0 Å². The van der Waals surface area contributed by atoms with Gasteiger partial charge >= 0.3 is 0 Å². The van der Waals surface area contributed by atoms with Crippen molar-refractivity contribution in [3.05, 3.63) is 182 Å². The molecular weight excluding hydrogens is 625 g/mol. The van der Waals surface area contributed by atoms with E-state index in [2.05, 4.69) is 181 Å². The van der Waals surface area contributed by atoms with E-state index in [0.29, 0.717) is 0 Å². The third kappa shape index (κ3) is 4.67. The number of benzene rings is 8. The number of hydrogen-bond acceptors (Lipinski definition) is 3. The van der Waals surface area contributed by atoms with Gasteiger partial charge in [0.05, 0.1) is 0 Å². The summed E-state index contributed by atoms with van der Waals surface area (Å²) < 4.78 is 2.50. The first-order valence-electron chi connectivity index (χ1n) is 17.0. The summed E-state index contributed by atoms with van der Waals surface area (Å²) in [6, 6.07) is 63.6. The van der Waals surface area contributed by atoms with Gasteiger partial charge in [0.25, 0.3) is 0 Å². The highest BCUT2D eigenvalue weighted by Gasteiger charge is 2.20. The molecule has 0 saturated carbocycles. The van der Waals surface area contributed by atoms with Crippen LogP contribution in [0, 0.1) is 0 Å². The molecular formula is C47H30N2S. The van der Waals surface area contributed by atoms with Crippen molar-refractivity contribution in [2.24, 2.45) is 0 Å². The van der Waals surface area contributed by atoms with Crippen LogP contribution in [-0.2, 0) is 0 Å². The maximum atomic E-state index is 5.09. The van der Waals surface area contributed by atoms with E-state index in [1.165, 1.54) is 74.7 Å². The largest absolute Gasteiger partial charge is 0.295 e. The van der Waals surface area contributed by atoms with E-state index >= 15 is 0 Å². The van der Waals surface area contributed by atoms with Crippen LogP contribution in [-0.4, -0.2) is 4.98 Å². The Morgan fingerprint density at radius 1 is 0.400 bits per heavy atom. The van der Waals surface area contributed by atoms with Gasteiger partial charge < -0.3 is 0 Å². The molecule has 234 valence electrons. The van der Waals surface area contributed by atoms with Crippen LogP contribution in [0.3, 0.4) is 0 Å². The maximum Gasteiger partial charge on any atom is 0.146 e. The number of rotatable bonds is 5. The summed E-state index contributed by atoms with van der Waals surface area (Å²) in [4.78, 5) is 7.40. The topological polar surface area (TPSA) is 16.1 Å². The lowest BCUT2D eigenvalue weighted by atomic mass is 9.90. The number of pyridine rings is 1. The number of nitrogens with zero attached hydrogens (tertiary/aromatic N) is 2. The fourth-order valence-electron chi connectivity index (χ4n) is 7.55. The minimum atomic E-state index is 0.933. The van der Waals surface area contributed by atoms with Crippen LogP contribution in [0.5, 0.6) is 0 Å². The molecule has 0 saturated heterocycles. The summed E-state index contributed by atoms with van der Waals surface area (Å²) in [7, 11) is 0. The summed E-state index contributed by atoms with van der Waals surface area (Å²) in [5.74, 6) is 0.933. The molecule has 0 spiro atoms. The van der Waals surface area contributed by atoms with Gasteiger partial charge in [0.1, 0.15) is 5.82 Å². The molecule has 2 heterocycles. The van der Waals surface area contributed by atoms with Crippen LogP contribution in [0.1, 0.15) is 0 Å². The number of hydrogen-bond donors (Lipinski definition) is 0. The van der Waals surface area contributed by atoms with Gasteiger partial charge in [-0.25, -0.2) is 4.98 Å². The molecule has 10 aromatic rings. The molecule has 0 aliphatic heterocycles. The predicted molar refractivity (Wildman–Crippen MR) is 215 cm³/mol. The Morgan fingerprint density at radius 3 is 1.80 bits per heavy atom. The Morgan fingerprint density at radius 2 is 1.02 bits per heavy atom. The summed E-state index contributed by atoms with van der Waals surface area (Å²) in [6.07, 6.45) is 1.94. The molecule has 3 heteroatoms. The number of thiophene rings is 1. The molecule has 2 nitrogen and oxygen atoms in total. The molecule has 0 aliphatic rings. The van der Waals surface area contributed by atoms with Gasteiger partial charge in [0.15, 0.2) is 0 Å². The molecule has 8 aromatic carbocycles. The van der Waals surface area contributed by atoms with Crippen molar-refractivity contribution in [1.82, 2.24) is 4.98 Å². The summed E-state index contributed by atoms with van der Waals surface area (Å²) in [5.41, 5.74) is 6.94. The molecule has 0 amide bonds. The lowest BCUT2D eigenvalue weighted by molar-refractivity contribution is 1.20. The molecule has 10 rings (SSSR count). The molecule has 0 atom stereocenters. The first kappa shape index (κ1) is 28.7. The van der Waals surface area contributed by atoms with Crippen LogP contribution in [0.15, 0.2) is 182 Å². The fraction of sp³-hybridized carbons (Fsp3) is 0. The van der Waals surface area contributed by atoms with E-state index in [4.69, 9.17) is 4.98 Å². The predicted octanol–water partition coefficient (Wildman–Crippen LogP) is 13.7. The molecule has 0 radical (unpaired) electrons. The zero-order chi connectivity index (χ0) is 33.0. The van der Waals surface area contributed by atoms with Crippen LogP contribution in [0.4, 0.5) is 17.2 Å². The Labute approximate surface area is 294 Å². The Bertz CT molecular complexity index is 2850. The smallest absolute Gasteiger partial charge is 0.146 e. The third-order valence-electron chi connectivity index (χ3n) is 9.90. The normalized spacial score (nSPS) is 11.6. The SMILES string of the molecule is c1ccc(-c2ccc(N(c3ccc(-c4cc5ccccc5c5ccc6ccccc6c45)cc3)c3nccc4sc5ccccc5c34)cc2)cc1. The van der Waals surface area contributed by atoms with Crippen LogP contribution >= 0.6 is 11.3 Å². The molecule has 0 N–H and O–H groups in total. The van der Waals surface area contributed by atoms with Crippen molar-refractivity contribution in [2.75, 3.05) is 4.90 Å². The molecule has 0 fully saturated rings. The third-order valence-corrected chi connectivity index (χ3v) is 11.0. The van der Waals surface area contributed by atoms with E-state index < -0.39 is 0 Å². The second-order valence-corrected chi connectivity index (χ2v) is 13.8. The van der Waals surface area contributed by atoms with E-state index in [9.17, 15) is 0 Å². The van der Waals surface area contributed by atoms with E-state index in [0.717, 1.165) is 17.2 Å². The minimum absolute atomic E-state index is 0.933. The average Bonchev–Trinajstić information content (AvgIpc) is 3.58. The highest BCUT2D eigenvalue weighted by molar-refractivity contribution is 7.25. The first-order chi connectivity index (χ1) is 24.8. The minimum Gasteiger partial charge on any atom is -0.295 e. The Hall–Kier alpha value is -6.29. The van der Waals surface area contributed by atoms with Crippen molar-refractivity contribution in [2.45, 2.75) is 0 Å². The van der Waals surface area contributed by atoms with Crippen molar-refractivity contribution in [3.8, 4) is 22.3 Å². The van der Waals surface area contributed by atoms with E-state index in [-0.39, 0.29) is 0 Å². The van der Waals surface area contributed by atoms with Crippen molar-refractivity contribution < 1.29 is 0 Å².